The van der Waals surface area contributed by atoms with Gasteiger partial charge in [-0.1, -0.05) is 18.2 Å². The number of rotatable bonds is 9. The van der Waals surface area contributed by atoms with Crippen LogP contribution in [0.1, 0.15) is 19.3 Å². The average molecular weight is 468 g/mol. The summed E-state index contributed by atoms with van der Waals surface area (Å²) in [6.45, 7) is 2.55. The van der Waals surface area contributed by atoms with Crippen molar-refractivity contribution in [2.45, 2.75) is 19.3 Å². The van der Waals surface area contributed by atoms with Crippen molar-refractivity contribution in [1.82, 2.24) is 15.4 Å². The number of unbranched alkanes of at least 4 members (excludes halogenated alkanes) is 1. The van der Waals surface area contributed by atoms with Gasteiger partial charge >= 0.3 is 0 Å². The van der Waals surface area contributed by atoms with E-state index in [2.05, 4.69) is 28.4 Å². The quantitative estimate of drug-likeness (QED) is 0.247. The van der Waals surface area contributed by atoms with E-state index < -0.39 is 0 Å². The van der Waals surface area contributed by atoms with Crippen molar-refractivity contribution in [3.63, 3.8) is 0 Å². The summed E-state index contributed by atoms with van der Waals surface area (Å²) >= 11 is 1.95. The predicted molar refractivity (Wildman–Crippen MR) is 133 cm³/mol. The van der Waals surface area contributed by atoms with Gasteiger partial charge < -0.3 is 15.0 Å². The number of methoxy groups -OCH3 is 1. The highest BCUT2D eigenvalue weighted by molar-refractivity contribution is 7.99. The number of carbonyl (C=O) groups is 1. The maximum Gasteiger partial charge on any atom is 0.243 e. The summed E-state index contributed by atoms with van der Waals surface area (Å²) in [5.41, 5.74) is 4.76. The minimum absolute atomic E-state index is 0.296. The third kappa shape index (κ3) is 5.85. The van der Waals surface area contributed by atoms with Gasteiger partial charge in [0, 0.05) is 42.9 Å². The second-order valence-electron chi connectivity index (χ2n) is 7.85. The molecule has 0 spiro atoms. The summed E-state index contributed by atoms with van der Waals surface area (Å²) in [6, 6.07) is 14.3. The largest absolute Gasteiger partial charge is 0.497 e. The van der Waals surface area contributed by atoms with E-state index in [4.69, 9.17) is 19.9 Å². The fraction of sp³-hybridized carbons (Fsp3) is 0.375. The van der Waals surface area contributed by atoms with E-state index in [1.165, 1.54) is 0 Å². The van der Waals surface area contributed by atoms with E-state index in [-0.39, 0.29) is 5.91 Å². The van der Waals surface area contributed by atoms with Crippen LogP contribution < -0.4 is 20.4 Å². The molecule has 2 heterocycles. The Morgan fingerprint density at radius 1 is 1.09 bits per heavy atom. The van der Waals surface area contributed by atoms with Crippen LogP contribution in [0, 0.1) is 0 Å². The number of aromatic nitrogens is 2. The molecule has 1 aromatic heterocycles. The molecule has 0 radical (unpaired) electrons. The summed E-state index contributed by atoms with van der Waals surface area (Å²) in [5.74, 6) is 4.16. The highest BCUT2D eigenvalue weighted by Gasteiger charge is 2.17. The lowest BCUT2D eigenvalue weighted by molar-refractivity contribution is -0.129. The van der Waals surface area contributed by atoms with Gasteiger partial charge in [-0.3, -0.25) is 10.0 Å². The monoisotopic (exact) mass is 467 g/mol. The summed E-state index contributed by atoms with van der Waals surface area (Å²) in [7, 11) is 1.67. The number of hydrogen-bond acceptors (Lipinski definition) is 8. The summed E-state index contributed by atoms with van der Waals surface area (Å²) in [6.07, 6.45) is 1.77. The number of thioether (sulfide) groups is 1. The van der Waals surface area contributed by atoms with E-state index in [1.807, 2.05) is 36.0 Å². The summed E-state index contributed by atoms with van der Waals surface area (Å²) in [4.78, 5) is 23.2. The lowest BCUT2D eigenvalue weighted by atomic mass is 10.0. The number of amides is 1. The third-order valence-electron chi connectivity index (χ3n) is 5.65. The number of nitrogens with zero attached hydrogens (tertiary/aromatic N) is 3. The number of hydroxylamine groups is 1. The number of carbonyl (C=O) groups excluding carboxylic acids is 1. The first kappa shape index (κ1) is 23.1. The molecule has 0 atom stereocenters. The van der Waals surface area contributed by atoms with E-state index in [9.17, 15) is 4.79 Å². The van der Waals surface area contributed by atoms with Gasteiger partial charge in [0.05, 0.1) is 12.6 Å². The van der Waals surface area contributed by atoms with Crippen molar-refractivity contribution >= 4 is 40.3 Å². The average Bonchev–Trinajstić information content (AvgIpc) is 2.88. The van der Waals surface area contributed by atoms with Crippen molar-refractivity contribution in [2.24, 2.45) is 0 Å². The molecular formula is C24H29N5O3S. The number of ether oxygens (including phenoxy) is 1. The van der Waals surface area contributed by atoms with Gasteiger partial charge in [0.2, 0.25) is 11.9 Å². The van der Waals surface area contributed by atoms with Gasteiger partial charge in [-0.15, -0.1) is 0 Å². The van der Waals surface area contributed by atoms with Crippen LogP contribution >= 0.6 is 11.8 Å². The third-order valence-corrected chi connectivity index (χ3v) is 6.59. The van der Waals surface area contributed by atoms with Crippen molar-refractivity contribution in [1.29, 1.82) is 0 Å². The summed E-state index contributed by atoms with van der Waals surface area (Å²) in [5, 5.41) is 13.0. The number of anilines is 2. The molecule has 9 heteroatoms. The topological polar surface area (TPSA) is 99.6 Å². The first-order valence-corrected chi connectivity index (χ1v) is 12.3. The smallest absolute Gasteiger partial charge is 0.243 e. The van der Waals surface area contributed by atoms with Gasteiger partial charge in [-0.25, -0.2) is 10.5 Å². The fourth-order valence-electron chi connectivity index (χ4n) is 3.79. The van der Waals surface area contributed by atoms with Gasteiger partial charge in [0.15, 0.2) is 0 Å². The molecule has 0 bridgehead atoms. The lowest BCUT2D eigenvalue weighted by Crippen LogP contribution is -2.34. The molecule has 3 N–H and O–H groups in total. The Bertz CT molecular complexity index is 1090. The Balaban J connectivity index is 1.60. The molecule has 1 saturated heterocycles. The Morgan fingerprint density at radius 3 is 2.58 bits per heavy atom. The van der Waals surface area contributed by atoms with E-state index in [0.717, 1.165) is 70.6 Å². The molecule has 1 fully saturated rings. The molecule has 4 rings (SSSR count). The molecule has 1 aliphatic heterocycles. The van der Waals surface area contributed by atoms with Gasteiger partial charge in [-0.05, 0) is 48.2 Å². The van der Waals surface area contributed by atoms with E-state index >= 15 is 0 Å². The molecule has 0 saturated carbocycles. The zero-order chi connectivity index (χ0) is 23.0. The molecule has 174 valence electrons. The predicted octanol–water partition coefficient (Wildman–Crippen LogP) is 3.95. The number of nitrogens with one attached hydrogen (secondary N) is 2. The van der Waals surface area contributed by atoms with Gasteiger partial charge in [0.1, 0.15) is 11.6 Å². The molecule has 1 amide bonds. The minimum Gasteiger partial charge on any atom is -0.497 e. The van der Waals surface area contributed by atoms with Crippen LogP contribution in [0.4, 0.5) is 11.8 Å². The SMILES string of the molecule is COc1ccc(-c2ccc3c(NCCCCC(=O)NO)nc(N4CCSCC4)nc3c2)cc1. The first-order valence-electron chi connectivity index (χ1n) is 11.1. The molecular weight excluding hydrogens is 438 g/mol. The number of benzene rings is 2. The summed E-state index contributed by atoms with van der Waals surface area (Å²) < 4.78 is 5.28. The maximum absolute atomic E-state index is 11.2. The Labute approximate surface area is 197 Å². The zero-order valence-corrected chi connectivity index (χ0v) is 19.5. The van der Waals surface area contributed by atoms with Gasteiger partial charge in [0.25, 0.3) is 0 Å². The second kappa shape index (κ2) is 11.2. The van der Waals surface area contributed by atoms with E-state index in [1.54, 1.807) is 12.6 Å². The fourth-order valence-corrected chi connectivity index (χ4v) is 4.70. The van der Waals surface area contributed by atoms with E-state index in [0.29, 0.717) is 19.4 Å². The normalized spacial score (nSPS) is 13.7. The maximum atomic E-state index is 11.2. The Morgan fingerprint density at radius 2 is 1.85 bits per heavy atom. The zero-order valence-electron chi connectivity index (χ0n) is 18.7. The van der Waals surface area contributed by atoms with Gasteiger partial charge in [-0.2, -0.15) is 16.7 Å². The highest BCUT2D eigenvalue weighted by atomic mass is 32.2. The van der Waals surface area contributed by atoms with Crippen molar-refractivity contribution < 1.29 is 14.7 Å². The first-order chi connectivity index (χ1) is 16.2. The molecule has 8 nitrogen and oxygen atoms in total. The molecule has 3 aromatic rings. The van der Waals surface area contributed by atoms with Crippen molar-refractivity contribution in [3.8, 4) is 16.9 Å². The highest BCUT2D eigenvalue weighted by Crippen LogP contribution is 2.30. The molecule has 2 aromatic carbocycles. The van der Waals surface area contributed by atoms with Crippen LogP contribution in [0.15, 0.2) is 42.5 Å². The van der Waals surface area contributed by atoms with Crippen LogP contribution in [0.2, 0.25) is 0 Å². The number of fused-ring (bicyclic) bond motifs is 1. The van der Waals surface area contributed by atoms with Crippen molar-refractivity contribution in [3.05, 3.63) is 42.5 Å². The van der Waals surface area contributed by atoms with Crippen molar-refractivity contribution in [2.75, 3.05) is 48.5 Å². The minimum atomic E-state index is -0.362. The van der Waals surface area contributed by atoms with Crippen LogP contribution in [0.25, 0.3) is 22.0 Å². The molecule has 0 unspecified atom stereocenters. The van der Waals surface area contributed by atoms with Crippen LogP contribution in [-0.2, 0) is 4.79 Å². The molecule has 33 heavy (non-hydrogen) atoms. The standard InChI is InChI=1S/C24H29N5O3S/c1-32-19-8-5-17(6-9-19)18-7-10-20-21(16-18)26-24(29-12-14-33-15-13-29)27-23(20)25-11-3-2-4-22(30)28-31/h5-10,16,31H,2-4,11-15H2,1H3,(H,28,30)(H,25,26,27). The Kier molecular flexibility index (Phi) is 7.85. The molecule has 0 aliphatic carbocycles. The van der Waals surface area contributed by atoms with Crippen LogP contribution in [0.5, 0.6) is 5.75 Å². The van der Waals surface area contributed by atoms with Crippen LogP contribution in [-0.4, -0.2) is 59.3 Å². The number of hydrogen-bond donors (Lipinski definition) is 3. The lowest BCUT2D eigenvalue weighted by Gasteiger charge is -2.27. The van der Waals surface area contributed by atoms with Crippen LogP contribution in [0.3, 0.4) is 0 Å². The Hall–Kier alpha value is -3.04. The molecule has 1 aliphatic rings. The second-order valence-corrected chi connectivity index (χ2v) is 9.08.